The highest BCUT2D eigenvalue weighted by molar-refractivity contribution is 7.09. The van der Waals surface area contributed by atoms with Crippen LogP contribution in [0.1, 0.15) is 10.4 Å². The van der Waals surface area contributed by atoms with Gasteiger partial charge in [0.05, 0.1) is 16.4 Å². The molecule has 0 atom stereocenters. The fourth-order valence-corrected chi connectivity index (χ4v) is 2.42. The third kappa shape index (κ3) is 1.52. The van der Waals surface area contributed by atoms with Gasteiger partial charge in [0.2, 0.25) is 0 Å². The standard InChI is InChI=1S/C12H6N2O2S/c15-4-7-2-1-3-9-11(7)14-12(16)8-5-17-6-10(8)13-9/h1-6H. The number of thiophene rings is 1. The molecule has 3 aromatic rings. The van der Waals surface area contributed by atoms with Crippen LogP contribution in [0.3, 0.4) is 0 Å². The molecule has 0 N–H and O–H groups in total. The van der Waals surface area contributed by atoms with Gasteiger partial charge in [-0.2, -0.15) is 0 Å². The third-order valence-electron chi connectivity index (χ3n) is 2.50. The molecule has 0 spiro atoms. The smallest absolute Gasteiger partial charge is 0.280 e. The van der Waals surface area contributed by atoms with E-state index >= 15 is 0 Å². The van der Waals surface area contributed by atoms with Gasteiger partial charge in [-0.25, -0.2) is 9.97 Å². The van der Waals surface area contributed by atoms with Crippen LogP contribution in [0.25, 0.3) is 21.9 Å². The van der Waals surface area contributed by atoms with Crippen molar-refractivity contribution in [3.63, 3.8) is 0 Å². The summed E-state index contributed by atoms with van der Waals surface area (Å²) in [5.74, 6) is 0. The second kappa shape index (κ2) is 3.71. The van der Waals surface area contributed by atoms with E-state index in [4.69, 9.17) is 0 Å². The Hall–Kier alpha value is -2.14. The Balaban J connectivity index is 2.64. The first-order valence-corrected chi connectivity index (χ1v) is 5.86. The van der Waals surface area contributed by atoms with Crippen molar-refractivity contribution in [1.82, 2.24) is 9.97 Å². The minimum absolute atomic E-state index is 0.349. The molecule has 0 saturated heterocycles. The molecule has 5 heteroatoms. The van der Waals surface area contributed by atoms with Crippen molar-refractivity contribution in [2.24, 2.45) is 0 Å². The quantitative estimate of drug-likeness (QED) is 0.612. The zero-order valence-electron chi connectivity index (χ0n) is 8.58. The number of hydrogen-bond acceptors (Lipinski definition) is 5. The van der Waals surface area contributed by atoms with Crippen LogP contribution in [0.5, 0.6) is 0 Å². The molecule has 0 amide bonds. The lowest BCUT2D eigenvalue weighted by Gasteiger charge is -1.92. The number of hydrogen-bond donors (Lipinski definition) is 0. The van der Waals surface area contributed by atoms with Gasteiger partial charge in [0, 0.05) is 16.3 Å². The van der Waals surface area contributed by atoms with Crippen molar-refractivity contribution < 1.29 is 4.79 Å². The Morgan fingerprint density at radius 1 is 1.12 bits per heavy atom. The van der Waals surface area contributed by atoms with E-state index in [9.17, 15) is 9.59 Å². The fraction of sp³-hybridized carbons (Fsp3) is 0. The largest absolute Gasteiger partial charge is 0.298 e. The van der Waals surface area contributed by atoms with E-state index < -0.39 is 0 Å². The molecule has 0 saturated carbocycles. The second-order valence-corrected chi connectivity index (χ2v) is 4.28. The summed E-state index contributed by atoms with van der Waals surface area (Å²) in [6.45, 7) is 0. The number of carbonyl (C=O) groups is 1. The van der Waals surface area contributed by atoms with E-state index in [1.54, 1.807) is 29.0 Å². The van der Waals surface area contributed by atoms with E-state index in [1.165, 1.54) is 11.3 Å². The minimum atomic E-state index is -0.349. The Morgan fingerprint density at radius 2 is 2.00 bits per heavy atom. The fourth-order valence-electron chi connectivity index (χ4n) is 1.68. The van der Waals surface area contributed by atoms with E-state index in [1.807, 2.05) is 0 Å². The van der Waals surface area contributed by atoms with Crippen LogP contribution in [0, 0.1) is 0 Å². The molecule has 82 valence electrons. The summed E-state index contributed by atoms with van der Waals surface area (Å²) < 4.78 is 0. The van der Waals surface area contributed by atoms with E-state index in [-0.39, 0.29) is 5.56 Å². The van der Waals surface area contributed by atoms with Crippen molar-refractivity contribution in [1.29, 1.82) is 0 Å². The lowest BCUT2D eigenvalue weighted by molar-refractivity contribution is 0.112. The lowest BCUT2D eigenvalue weighted by Crippen LogP contribution is -2.01. The number of rotatable bonds is 1. The van der Waals surface area contributed by atoms with Crippen molar-refractivity contribution >= 4 is 39.6 Å². The Kier molecular flexibility index (Phi) is 2.19. The zero-order valence-corrected chi connectivity index (χ0v) is 9.40. The monoisotopic (exact) mass is 242 g/mol. The summed E-state index contributed by atoms with van der Waals surface area (Å²) >= 11 is 1.41. The number of carbonyl (C=O) groups excluding carboxylic acids is 1. The third-order valence-corrected chi connectivity index (χ3v) is 3.23. The molecule has 17 heavy (non-hydrogen) atoms. The molecule has 0 aliphatic carbocycles. The zero-order chi connectivity index (χ0) is 11.8. The van der Waals surface area contributed by atoms with E-state index in [0.717, 1.165) is 0 Å². The van der Waals surface area contributed by atoms with Crippen LogP contribution in [0.2, 0.25) is 0 Å². The van der Waals surface area contributed by atoms with Crippen LogP contribution in [-0.4, -0.2) is 16.3 Å². The molecule has 0 unspecified atom stereocenters. The number of aromatic nitrogens is 2. The summed E-state index contributed by atoms with van der Waals surface area (Å²) in [7, 11) is 0. The van der Waals surface area contributed by atoms with Crippen molar-refractivity contribution in [2.45, 2.75) is 0 Å². The maximum Gasteiger partial charge on any atom is 0.280 e. The molecule has 2 heterocycles. The van der Waals surface area contributed by atoms with Gasteiger partial charge >= 0.3 is 0 Å². The number of para-hydroxylation sites is 1. The summed E-state index contributed by atoms with van der Waals surface area (Å²) in [5.41, 5.74) is 1.56. The number of benzene rings is 1. The Morgan fingerprint density at radius 3 is 2.82 bits per heavy atom. The maximum absolute atomic E-state index is 11.9. The van der Waals surface area contributed by atoms with Crippen LogP contribution in [-0.2, 0) is 0 Å². The van der Waals surface area contributed by atoms with Crippen molar-refractivity contribution in [3.8, 4) is 0 Å². The van der Waals surface area contributed by atoms with Crippen molar-refractivity contribution in [2.75, 3.05) is 0 Å². The Labute approximate surface area is 99.6 Å². The molecule has 3 rings (SSSR count). The summed E-state index contributed by atoms with van der Waals surface area (Å²) in [4.78, 5) is 31.1. The molecule has 0 aliphatic heterocycles. The van der Waals surface area contributed by atoms with Gasteiger partial charge in [0.15, 0.2) is 6.29 Å². The predicted octanol–water partition coefficient (Wildman–Crippen LogP) is 2.02. The van der Waals surface area contributed by atoms with Crippen LogP contribution >= 0.6 is 11.3 Å². The molecular weight excluding hydrogens is 236 g/mol. The van der Waals surface area contributed by atoms with Gasteiger partial charge in [0.25, 0.3) is 5.56 Å². The van der Waals surface area contributed by atoms with Gasteiger partial charge in [0.1, 0.15) is 5.52 Å². The molecule has 0 aliphatic rings. The number of nitrogens with zero attached hydrogens (tertiary/aromatic N) is 2. The average molecular weight is 242 g/mol. The van der Waals surface area contributed by atoms with Crippen LogP contribution in [0.4, 0.5) is 0 Å². The van der Waals surface area contributed by atoms with Gasteiger partial charge in [-0.1, -0.05) is 6.07 Å². The molecule has 1 aromatic carbocycles. The van der Waals surface area contributed by atoms with Gasteiger partial charge in [-0.05, 0) is 12.1 Å². The first kappa shape index (κ1) is 10.0. The number of aldehydes is 1. The summed E-state index contributed by atoms with van der Waals surface area (Å²) in [6.07, 6.45) is 0.684. The highest BCUT2D eigenvalue weighted by Gasteiger charge is 2.06. The van der Waals surface area contributed by atoms with Gasteiger partial charge < -0.3 is 0 Å². The summed E-state index contributed by atoms with van der Waals surface area (Å²) in [6, 6.07) is 5.09. The highest BCUT2D eigenvalue weighted by atomic mass is 32.1. The average Bonchev–Trinajstić information content (AvgIpc) is 2.74. The van der Waals surface area contributed by atoms with E-state index in [2.05, 4.69) is 9.97 Å². The molecule has 0 radical (unpaired) electrons. The molecule has 0 bridgehead atoms. The highest BCUT2D eigenvalue weighted by Crippen LogP contribution is 2.16. The SMILES string of the molecule is O=Cc1cccc2nc3cscc3c(=O)nc12. The Bertz CT molecular complexity index is 795. The number of fused-ring (bicyclic) bond motifs is 2. The van der Waals surface area contributed by atoms with Crippen LogP contribution in [0.15, 0.2) is 33.8 Å². The van der Waals surface area contributed by atoms with Gasteiger partial charge in [-0.15, -0.1) is 11.3 Å². The topological polar surface area (TPSA) is 59.9 Å². The maximum atomic E-state index is 11.9. The normalized spacial score (nSPS) is 10.8. The van der Waals surface area contributed by atoms with Crippen LogP contribution < -0.4 is 5.56 Å². The van der Waals surface area contributed by atoms with E-state index in [0.29, 0.717) is 33.8 Å². The first-order valence-electron chi connectivity index (χ1n) is 4.92. The molecular formula is C12H6N2O2S. The predicted molar refractivity (Wildman–Crippen MR) is 66.6 cm³/mol. The molecule has 0 fully saturated rings. The lowest BCUT2D eigenvalue weighted by atomic mass is 10.2. The van der Waals surface area contributed by atoms with Crippen molar-refractivity contribution in [3.05, 3.63) is 44.9 Å². The molecule has 2 aromatic heterocycles. The molecule has 4 nitrogen and oxygen atoms in total. The minimum Gasteiger partial charge on any atom is -0.298 e. The van der Waals surface area contributed by atoms with Gasteiger partial charge in [-0.3, -0.25) is 9.59 Å². The second-order valence-electron chi connectivity index (χ2n) is 3.53. The first-order chi connectivity index (χ1) is 8.29. The summed E-state index contributed by atoms with van der Waals surface area (Å²) in [5, 5.41) is 4.01.